The number of anilines is 1. The normalized spacial score (nSPS) is 19.5. The summed E-state index contributed by atoms with van der Waals surface area (Å²) in [5.74, 6) is -3.36. The highest BCUT2D eigenvalue weighted by atomic mass is 19.1. The number of hydrogen-bond donors (Lipinski definition) is 2. The van der Waals surface area contributed by atoms with Gasteiger partial charge in [0.05, 0.1) is 26.3 Å². The van der Waals surface area contributed by atoms with Gasteiger partial charge in [-0.25, -0.2) is 4.79 Å². The van der Waals surface area contributed by atoms with Gasteiger partial charge in [0.2, 0.25) is 0 Å². The molecule has 1 saturated heterocycles. The molecule has 6 nitrogen and oxygen atoms in total. The Hall–Kier alpha value is -2.15. The Bertz CT molecular complexity index is 537. The number of hydrogen-bond acceptors (Lipinski definition) is 4. The Labute approximate surface area is 147 Å². The Balaban J connectivity index is 0.000000450. The average molecular weight is 354 g/mol. The van der Waals surface area contributed by atoms with Crippen molar-refractivity contribution in [1.29, 1.82) is 0 Å². The number of carboxylic acid groups (broad SMARTS) is 2. The topological polar surface area (TPSA) is 85.1 Å². The van der Waals surface area contributed by atoms with Gasteiger partial charge in [-0.15, -0.1) is 0 Å². The summed E-state index contributed by atoms with van der Waals surface area (Å²) in [5.41, 5.74) is 2.70. The third-order valence-corrected chi connectivity index (χ3v) is 4.34. The minimum atomic E-state index is -2.07. The number of nitrogens with zero attached hydrogens (tertiary/aromatic N) is 1. The molecule has 2 unspecified atom stereocenters. The summed E-state index contributed by atoms with van der Waals surface area (Å²) in [7, 11) is 4.14. The average Bonchev–Trinajstić information content (AvgIpc) is 2.60. The maximum atomic E-state index is 12.3. The maximum Gasteiger partial charge on any atom is 0.351 e. The van der Waals surface area contributed by atoms with Crippen molar-refractivity contribution in [1.82, 2.24) is 0 Å². The molecule has 0 aromatic heterocycles. The number of nitrogens with one attached hydrogen (secondary N) is 1. The van der Waals surface area contributed by atoms with Gasteiger partial charge in [-0.2, -0.15) is 0 Å². The maximum absolute atomic E-state index is 12.3. The van der Waals surface area contributed by atoms with Crippen LogP contribution in [0.2, 0.25) is 0 Å². The molecule has 1 aromatic rings. The molecule has 0 radical (unpaired) electrons. The van der Waals surface area contributed by atoms with Crippen LogP contribution in [0.25, 0.3) is 0 Å². The van der Waals surface area contributed by atoms with Gasteiger partial charge in [0.15, 0.2) is 5.97 Å². The summed E-state index contributed by atoms with van der Waals surface area (Å²) in [6, 6.07) is 8.92. The summed E-state index contributed by atoms with van der Waals surface area (Å²) in [6.07, 6.45) is 3.25. The molecule has 0 aliphatic carbocycles. The lowest BCUT2D eigenvalue weighted by molar-refractivity contribution is -0.906. The molecule has 0 bridgehead atoms. The molecule has 2 rings (SSSR count). The van der Waals surface area contributed by atoms with Crippen LogP contribution in [-0.4, -0.2) is 57.4 Å². The SMILES string of the molecule is CN(C)c1ccc(C2CCC[NH+](CCCF)C2)cc1.O=C([O-])C(=O)O. The first kappa shape index (κ1) is 20.9. The highest BCUT2D eigenvalue weighted by Crippen LogP contribution is 2.23. The number of rotatable bonds is 5. The van der Waals surface area contributed by atoms with Crippen molar-refractivity contribution in [2.75, 3.05) is 45.3 Å². The third-order valence-electron chi connectivity index (χ3n) is 4.34. The smallest absolute Gasteiger partial charge is 0.351 e. The van der Waals surface area contributed by atoms with Crippen LogP contribution in [0.1, 0.15) is 30.7 Å². The van der Waals surface area contributed by atoms with E-state index in [0.717, 1.165) is 6.54 Å². The van der Waals surface area contributed by atoms with Crippen molar-refractivity contribution < 1.29 is 29.1 Å². The van der Waals surface area contributed by atoms with Crippen LogP contribution in [0.5, 0.6) is 0 Å². The van der Waals surface area contributed by atoms with Gasteiger partial charge >= 0.3 is 5.97 Å². The molecule has 0 saturated carbocycles. The second-order valence-electron chi connectivity index (χ2n) is 6.41. The van der Waals surface area contributed by atoms with E-state index >= 15 is 0 Å². The standard InChI is InChI=1S/C16H25FN2.C2H2O4/c1-18(2)16-8-6-14(7-9-16)15-5-3-11-19(13-15)12-4-10-17;3-1(4)2(5)6/h6-9,15H,3-5,10-13H2,1-2H3;(H,3,4)(H,5,6). The largest absolute Gasteiger partial charge is 0.539 e. The van der Waals surface area contributed by atoms with Crippen LogP contribution >= 0.6 is 0 Å². The van der Waals surface area contributed by atoms with Crippen molar-refractivity contribution >= 4 is 17.6 Å². The van der Waals surface area contributed by atoms with Crippen LogP contribution < -0.4 is 14.9 Å². The van der Waals surface area contributed by atoms with E-state index in [4.69, 9.17) is 19.8 Å². The lowest BCUT2D eigenvalue weighted by Crippen LogP contribution is -3.13. The minimum Gasteiger partial charge on any atom is -0.539 e. The molecule has 1 fully saturated rings. The first-order valence-corrected chi connectivity index (χ1v) is 8.46. The van der Waals surface area contributed by atoms with E-state index in [1.54, 1.807) is 4.90 Å². The fourth-order valence-corrected chi connectivity index (χ4v) is 3.02. The van der Waals surface area contributed by atoms with Crippen molar-refractivity contribution in [2.45, 2.75) is 25.2 Å². The predicted octanol–water partition coefficient (Wildman–Crippen LogP) is -0.305. The van der Waals surface area contributed by atoms with E-state index in [0.29, 0.717) is 12.3 Å². The zero-order valence-electron chi connectivity index (χ0n) is 14.8. The van der Waals surface area contributed by atoms with Crippen molar-refractivity contribution in [3.05, 3.63) is 29.8 Å². The number of likely N-dealkylation sites (tertiary alicyclic amines) is 1. The Morgan fingerprint density at radius 1 is 1.32 bits per heavy atom. The summed E-state index contributed by atoms with van der Waals surface area (Å²) >= 11 is 0. The summed E-state index contributed by atoms with van der Waals surface area (Å²) in [6.45, 7) is 3.20. The molecule has 7 heteroatoms. The molecule has 1 heterocycles. The molecular weight excluding hydrogens is 327 g/mol. The first-order chi connectivity index (χ1) is 11.8. The molecule has 1 aliphatic heterocycles. The zero-order valence-corrected chi connectivity index (χ0v) is 14.8. The predicted molar refractivity (Wildman–Crippen MR) is 91.5 cm³/mol. The number of quaternary nitrogens is 1. The first-order valence-electron chi connectivity index (χ1n) is 8.46. The van der Waals surface area contributed by atoms with Gasteiger partial charge in [0.1, 0.15) is 0 Å². The number of carboxylic acids is 2. The molecule has 0 spiro atoms. The van der Waals surface area contributed by atoms with Crippen LogP contribution in [0.4, 0.5) is 10.1 Å². The molecule has 2 N–H and O–H groups in total. The Morgan fingerprint density at radius 2 is 1.92 bits per heavy atom. The number of carbonyl (C=O) groups is 2. The summed E-state index contributed by atoms with van der Waals surface area (Å²) in [4.78, 5) is 21.7. The number of benzene rings is 1. The van der Waals surface area contributed by atoms with E-state index in [-0.39, 0.29) is 6.67 Å². The quantitative estimate of drug-likeness (QED) is 0.709. The summed E-state index contributed by atoms with van der Waals surface area (Å²) in [5, 5.41) is 16.3. The summed E-state index contributed by atoms with van der Waals surface area (Å²) < 4.78 is 12.3. The fourth-order valence-electron chi connectivity index (χ4n) is 3.02. The second kappa shape index (κ2) is 10.7. The number of alkyl halides is 1. The number of carbonyl (C=O) groups excluding carboxylic acids is 1. The lowest BCUT2D eigenvalue weighted by Gasteiger charge is -2.30. The van der Waals surface area contributed by atoms with Crippen LogP contribution in [0, 0.1) is 0 Å². The second-order valence-corrected chi connectivity index (χ2v) is 6.41. The van der Waals surface area contributed by atoms with Crippen LogP contribution in [0.3, 0.4) is 0 Å². The number of halogens is 1. The number of piperidine rings is 1. The van der Waals surface area contributed by atoms with Crippen LogP contribution in [-0.2, 0) is 9.59 Å². The van der Waals surface area contributed by atoms with Gasteiger partial charge in [0.25, 0.3) is 0 Å². The van der Waals surface area contributed by atoms with Crippen LogP contribution in [0.15, 0.2) is 24.3 Å². The molecule has 140 valence electrons. The fraction of sp³-hybridized carbons (Fsp3) is 0.556. The van der Waals surface area contributed by atoms with E-state index in [9.17, 15) is 4.39 Å². The van der Waals surface area contributed by atoms with Gasteiger partial charge in [-0.3, -0.25) is 4.39 Å². The Morgan fingerprint density at radius 3 is 2.40 bits per heavy atom. The van der Waals surface area contributed by atoms with E-state index in [1.165, 1.54) is 37.2 Å². The highest BCUT2D eigenvalue weighted by Gasteiger charge is 2.23. The van der Waals surface area contributed by atoms with E-state index in [2.05, 4.69) is 43.3 Å². The van der Waals surface area contributed by atoms with Crippen molar-refractivity contribution in [3.8, 4) is 0 Å². The molecule has 1 aromatic carbocycles. The van der Waals surface area contributed by atoms with E-state index in [1.807, 2.05) is 0 Å². The highest BCUT2D eigenvalue weighted by molar-refractivity contribution is 6.26. The molecule has 1 aliphatic rings. The van der Waals surface area contributed by atoms with Gasteiger partial charge < -0.3 is 24.8 Å². The number of aliphatic carboxylic acids is 2. The van der Waals surface area contributed by atoms with Crippen molar-refractivity contribution in [3.63, 3.8) is 0 Å². The lowest BCUT2D eigenvalue weighted by atomic mass is 9.90. The minimum absolute atomic E-state index is 0.175. The van der Waals surface area contributed by atoms with E-state index < -0.39 is 11.9 Å². The monoisotopic (exact) mass is 354 g/mol. The molecule has 0 amide bonds. The zero-order chi connectivity index (χ0) is 18.8. The Kier molecular flexibility index (Phi) is 8.91. The van der Waals surface area contributed by atoms with Gasteiger partial charge in [-0.05, 0) is 30.5 Å². The third kappa shape index (κ3) is 7.51. The molecule has 2 atom stereocenters. The van der Waals surface area contributed by atoms with Crippen molar-refractivity contribution in [2.24, 2.45) is 0 Å². The van der Waals surface area contributed by atoms with Gasteiger partial charge in [0, 0.05) is 32.1 Å². The molecular formula is C18H27FN2O4. The van der Waals surface area contributed by atoms with Gasteiger partial charge in [-0.1, -0.05) is 12.1 Å². The molecule has 25 heavy (non-hydrogen) atoms.